The molecule has 1 saturated carbocycles. The summed E-state index contributed by atoms with van der Waals surface area (Å²) >= 11 is 0. The van der Waals surface area contributed by atoms with Crippen molar-refractivity contribution in [2.45, 2.75) is 52.5 Å². The predicted octanol–water partition coefficient (Wildman–Crippen LogP) is 3.36. The molecule has 0 saturated heterocycles. The molecule has 2 amide bonds. The first-order chi connectivity index (χ1) is 11.1. The van der Waals surface area contributed by atoms with E-state index in [0.717, 1.165) is 44.3 Å². The molecule has 124 valence electrons. The second-order valence-corrected chi connectivity index (χ2v) is 6.77. The first-order valence-electron chi connectivity index (χ1n) is 8.83. The van der Waals surface area contributed by atoms with E-state index in [1.807, 2.05) is 30.9 Å². The summed E-state index contributed by atoms with van der Waals surface area (Å²) in [5.41, 5.74) is 3.32. The number of nitrogens with one attached hydrogen (secondary N) is 1. The maximum absolute atomic E-state index is 12.3. The van der Waals surface area contributed by atoms with Crippen LogP contribution in [0, 0.1) is 11.8 Å². The van der Waals surface area contributed by atoms with Crippen LogP contribution in [0.25, 0.3) is 0 Å². The fraction of sp³-hybridized carbons (Fsp3) is 0.579. The van der Waals surface area contributed by atoms with E-state index in [9.17, 15) is 9.59 Å². The van der Waals surface area contributed by atoms with Crippen molar-refractivity contribution in [2.24, 2.45) is 11.8 Å². The molecule has 23 heavy (non-hydrogen) atoms. The molecule has 1 N–H and O–H groups in total. The number of benzene rings is 1. The topological polar surface area (TPSA) is 49.4 Å². The van der Waals surface area contributed by atoms with Crippen LogP contribution >= 0.6 is 0 Å². The van der Waals surface area contributed by atoms with Gasteiger partial charge in [-0.25, -0.2) is 0 Å². The Morgan fingerprint density at radius 2 is 1.96 bits per heavy atom. The van der Waals surface area contributed by atoms with E-state index < -0.39 is 0 Å². The highest BCUT2D eigenvalue weighted by Crippen LogP contribution is 2.33. The van der Waals surface area contributed by atoms with E-state index in [2.05, 4.69) is 11.4 Å². The Kier molecular flexibility index (Phi) is 4.69. The lowest BCUT2D eigenvalue weighted by molar-refractivity contribution is -0.133. The van der Waals surface area contributed by atoms with Crippen molar-refractivity contribution >= 4 is 17.5 Å². The van der Waals surface area contributed by atoms with Crippen LogP contribution in [0.3, 0.4) is 0 Å². The molecule has 0 aromatic heterocycles. The molecule has 0 radical (unpaired) electrons. The Morgan fingerprint density at radius 1 is 1.22 bits per heavy atom. The second kappa shape index (κ2) is 6.73. The first-order valence-corrected chi connectivity index (χ1v) is 8.83. The molecule has 4 heteroatoms. The van der Waals surface area contributed by atoms with Gasteiger partial charge in [-0.15, -0.1) is 0 Å². The molecule has 3 rings (SSSR count). The molecule has 1 heterocycles. The summed E-state index contributed by atoms with van der Waals surface area (Å²) in [6, 6.07) is 6.12. The monoisotopic (exact) mass is 314 g/mol. The lowest BCUT2D eigenvalue weighted by Crippen LogP contribution is -2.36. The molecule has 1 aromatic carbocycles. The third-order valence-corrected chi connectivity index (χ3v) is 5.08. The van der Waals surface area contributed by atoms with Crippen molar-refractivity contribution in [3.63, 3.8) is 0 Å². The van der Waals surface area contributed by atoms with Crippen molar-refractivity contribution in [3.05, 3.63) is 29.3 Å². The Morgan fingerprint density at radius 3 is 2.61 bits per heavy atom. The quantitative estimate of drug-likeness (QED) is 0.906. The first kappa shape index (κ1) is 16.0. The van der Waals surface area contributed by atoms with Crippen LogP contribution in [-0.4, -0.2) is 23.3 Å². The highest BCUT2D eigenvalue weighted by Gasteiger charge is 2.34. The average Bonchev–Trinajstić information content (AvgIpc) is 3.39. The number of nitrogens with zero attached hydrogens (tertiary/aromatic N) is 1. The number of hydrogen-bond donors (Lipinski definition) is 1. The minimum absolute atomic E-state index is 0.0685. The highest BCUT2D eigenvalue weighted by atomic mass is 16.2. The minimum Gasteiger partial charge on any atom is -0.338 e. The predicted molar refractivity (Wildman–Crippen MR) is 91.0 cm³/mol. The number of carbonyl (C=O) groups is 2. The van der Waals surface area contributed by atoms with E-state index in [1.54, 1.807) is 0 Å². The maximum Gasteiger partial charge on any atom is 0.227 e. The van der Waals surface area contributed by atoms with Gasteiger partial charge in [0.1, 0.15) is 0 Å². The smallest absolute Gasteiger partial charge is 0.227 e. The van der Waals surface area contributed by atoms with Gasteiger partial charge in [-0.05, 0) is 55.4 Å². The summed E-state index contributed by atoms with van der Waals surface area (Å²) in [4.78, 5) is 26.5. The largest absolute Gasteiger partial charge is 0.338 e. The van der Waals surface area contributed by atoms with Crippen molar-refractivity contribution < 1.29 is 9.59 Å². The van der Waals surface area contributed by atoms with E-state index in [4.69, 9.17) is 0 Å². The number of rotatable bonds is 5. The van der Waals surface area contributed by atoms with Gasteiger partial charge in [-0.2, -0.15) is 0 Å². The van der Waals surface area contributed by atoms with Crippen molar-refractivity contribution in [1.29, 1.82) is 0 Å². The summed E-state index contributed by atoms with van der Waals surface area (Å²) in [5, 5.41) is 3.03. The molecular formula is C19H26N2O2. The van der Waals surface area contributed by atoms with Crippen LogP contribution < -0.4 is 5.32 Å². The van der Waals surface area contributed by atoms with Crippen LogP contribution in [0.5, 0.6) is 0 Å². The molecule has 1 aliphatic heterocycles. The van der Waals surface area contributed by atoms with Gasteiger partial charge in [0.25, 0.3) is 0 Å². The molecule has 1 aliphatic carbocycles. The average molecular weight is 314 g/mol. The van der Waals surface area contributed by atoms with Gasteiger partial charge in [0, 0.05) is 30.6 Å². The normalized spacial score (nSPS) is 17.1. The number of hydrogen-bond acceptors (Lipinski definition) is 2. The van der Waals surface area contributed by atoms with Gasteiger partial charge in [-0.3, -0.25) is 9.59 Å². The molecule has 0 spiro atoms. The van der Waals surface area contributed by atoms with E-state index >= 15 is 0 Å². The van der Waals surface area contributed by atoms with Gasteiger partial charge in [-0.1, -0.05) is 19.9 Å². The van der Waals surface area contributed by atoms with Crippen LogP contribution in [0.15, 0.2) is 18.2 Å². The Balaban J connectivity index is 1.70. The molecule has 0 atom stereocenters. The third-order valence-electron chi connectivity index (χ3n) is 5.08. The highest BCUT2D eigenvalue weighted by molar-refractivity contribution is 5.92. The molecule has 0 unspecified atom stereocenters. The minimum atomic E-state index is 0.0685. The van der Waals surface area contributed by atoms with E-state index in [0.29, 0.717) is 12.5 Å². The van der Waals surface area contributed by atoms with Crippen LogP contribution in [0.2, 0.25) is 0 Å². The third kappa shape index (κ3) is 3.57. The molecule has 4 nitrogen and oxygen atoms in total. The Labute approximate surface area is 138 Å². The van der Waals surface area contributed by atoms with Crippen molar-refractivity contribution in [2.75, 3.05) is 11.9 Å². The lowest BCUT2D eigenvalue weighted by Gasteiger charge is -2.29. The van der Waals surface area contributed by atoms with Gasteiger partial charge in [0.2, 0.25) is 11.8 Å². The summed E-state index contributed by atoms with van der Waals surface area (Å²) < 4.78 is 0. The number of anilines is 1. The van der Waals surface area contributed by atoms with Crippen LogP contribution in [-0.2, 0) is 22.6 Å². The molecule has 0 bridgehead atoms. The fourth-order valence-corrected chi connectivity index (χ4v) is 3.32. The fourth-order valence-electron chi connectivity index (χ4n) is 3.32. The van der Waals surface area contributed by atoms with E-state index in [1.165, 1.54) is 11.1 Å². The number of fused-ring (bicyclic) bond motifs is 1. The van der Waals surface area contributed by atoms with E-state index in [-0.39, 0.29) is 17.7 Å². The zero-order valence-electron chi connectivity index (χ0n) is 14.1. The maximum atomic E-state index is 12.3. The summed E-state index contributed by atoms with van der Waals surface area (Å²) in [5.74, 6) is 0.743. The second-order valence-electron chi connectivity index (χ2n) is 6.77. The Hall–Kier alpha value is -1.84. The van der Waals surface area contributed by atoms with Gasteiger partial charge in [0.05, 0.1) is 0 Å². The van der Waals surface area contributed by atoms with Gasteiger partial charge >= 0.3 is 0 Å². The lowest BCUT2D eigenvalue weighted by atomic mass is 9.98. The summed E-state index contributed by atoms with van der Waals surface area (Å²) in [6.45, 7) is 5.59. The molecular weight excluding hydrogens is 288 g/mol. The summed E-state index contributed by atoms with van der Waals surface area (Å²) in [7, 11) is 0. The van der Waals surface area contributed by atoms with Gasteiger partial charge in [0.15, 0.2) is 0 Å². The number of amides is 2. The standard InChI is InChI=1S/C19H26N2O2/c1-3-13(4-2)18(22)20-17-8-7-14-9-10-21(12-16(14)11-17)19(23)15-5-6-15/h7-8,11,13,15H,3-6,9-10,12H2,1-2H3,(H,20,22). The summed E-state index contributed by atoms with van der Waals surface area (Å²) in [6.07, 6.45) is 4.73. The zero-order valence-corrected chi connectivity index (χ0v) is 14.1. The molecule has 2 aliphatic rings. The van der Waals surface area contributed by atoms with Crippen molar-refractivity contribution in [3.8, 4) is 0 Å². The van der Waals surface area contributed by atoms with Gasteiger partial charge < -0.3 is 10.2 Å². The SMILES string of the molecule is CCC(CC)C(=O)Nc1ccc2c(c1)CN(C(=O)C1CC1)CC2. The van der Waals surface area contributed by atoms with Crippen LogP contribution in [0.4, 0.5) is 5.69 Å². The number of carbonyl (C=O) groups excluding carboxylic acids is 2. The molecule has 1 aromatic rings. The molecule has 1 fully saturated rings. The van der Waals surface area contributed by atoms with Crippen LogP contribution in [0.1, 0.15) is 50.7 Å². The Bertz CT molecular complexity index is 603. The zero-order chi connectivity index (χ0) is 16.4. The van der Waals surface area contributed by atoms with Crippen molar-refractivity contribution in [1.82, 2.24) is 4.90 Å².